The molecule has 1 amide bonds. The molecular formula is C15H15N3O2S2. The van der Waals surface area contributed by atoms with Gasteiger partial charge in [0.2, 0.25) is 5.91 Å². The largest absolute Gasteiger partial charge is 0.344 e. The molecule has 0 aliphatic heterocycles. The third-order valence-electron chi connectivity index (χ3n) is 3.63. The van der Waals surface area contributed by atoms with Crippen LogP contribution in [0.25, 0.3) is 10.2 Å². The number of carbonyl (C=O) groups excluding carboxylic acids is 1. The quantitative estimate of drug-likeness (QED) is 0.521. The Bertz CT molecular complexity index is 845. The first-order chi connectivity index (χ1) is 10.6. The van der Waals surface area contributed by atoms with Crippen LogP contribution in [0, 0.1) is 12.3 Å². The number of hydrogen-bond acceptors (Lipinski definition) is 5. The van der Waals surface area contributed by atoms with E-state index in [9.17, 15) is 9.59 Å². The van der Waals surface area contributed by atoms with Gasteiger partial charge in [-0.15, -0.1) is 17.8 Å². The van der Waals surface area contributed by atoms with Crippen molar-refractivity contribution in [3.63, 3.8) is 0 Å². The number of aromatic nitrogens is 2. The average molecular weight is 333 g/mol. The van der Waals surface area contributed by atoms with Gasteiger partial charge >= 0.3 is 0 Å². The molecule has 0 unspecified atom stereocenters. The van der Waals surface area contributed by atoms with Crippen molar-refractivity contribution in [3.05, 3.63) is 20.8 Å². The first kappa shape index (κ1) is 15.1. The molecule has 2 aromatic heterocycles. The first-order valence-corrected chi connectivity index (χ1v) is 8.76. The summed E-state index contributed by atoms with van der Waals surface area (Å²) in [6.45, 7) is 0.211. The summed E-state index contributed by atoms with van der Waals surface area (Å²) >= 11 is 2.86. The molecule has 5 nitrogen and oxygen atoms in total. The molecule has 22 heavy (non-hydrogen) atoms. The van der Waals surface area contributed by atoms with Crippen LogP contribution in [0.5, 0.6) is 0 Å². The van der Waals surface area contributed by atoms with E-state index in [2.05, 4.69) is 16.2 Å². The van der Waals surface area contributed by atoms with E-state index >= 15 is 0 Å². The van der Waals surface area contributed by atoms with Crippen molar-refractivity contribution < 1.29 is 4.79 Å². The number of nitrogens with zero attached hydrogens (tertiary/aromatic N) is 2. The van der Waals surface area contributed by atoms with Crippen LogP contribution in [0.1, 0.15) is 16.9 Å². The van der Waals surface area contributed by atoms with Crippen molar-refractivity contribution in [2.75, 3.05) is 12.3 Å². The van der Waals surface area contributed by atoms with Gasteiger partial charge in [-0.2, -0.15) is 0 Å². The maximum absolute atomic E-state index is 12.6. The average Bonchev–Trinajstić information content (AvgIpc) is 3.07. The van der Waals surface area contributed by atoms with Gasteiger partial charge < -0.3 is 5.32 Å². The minimum Gasteiger partial charge on any atom is -0.344 e. The maximum atomic E-state index is 12.6. The zero-order valence-corrected chi connectivity index (χ0v) is 13.8. The molecule has 2 aromatic rings. The third-order valence-corrected chi connectivity index (χ3v) is 5.84. The lowest BCUT2D eigenvalue weighted by Gasteiger charge is -2.07. The monoisotopic (exact) mass is 333 g/mol. The van der Waals surface area contributed by atoms with Gasteiger partial charge in [-0.25, -0.2) is 4.98 Å². The topological polar surface area (TPSA) is 64.0 Å². The predicted octanol–water partition coefficient (Wildman–Crippen LogP) is 1.33. The lowest BCUT2D eigenvalue weighted by Crippen LogP contribution is -2.26. The summed E-state index contributed by atoms with van der Waals surface area (Å²) in [6.07, 6.45) is 8.22. The van der Waals surface area contributed by atoms with Crippen molar-refractivity contribution in [3.8, 4) is 12.3 Å². The van der Waals surface area contributed by atoms with Crippen LogP contribution in [-0.2, 0) is 24.7 Å². The van der Waals surface area contributed by atoms with E-state index in [4.69, 9.17) is 6.42 Å². The molecule has 3 rings (SSSR count). The van der Waals surface area contributed by atoms with Crippen LogP contribution < -0.4 is 10.9 Å². The molecule has 0 spiro atoms. The summed E-state index contributed by atoms with van der Waals surface area (Å²) in [5.41, 5.74) is 1.16. The van der Waals surface area contributed by atoms with Crippen LogP contribution in [0.15, 0.2) is 9.95 Å². The van der Waals surface area contributed by atoms with Gasteiger partial charge in [-0.05, 0) is 24.8 Å². The van der Waals surface area contributed by atoms with Gasteiger partial charge in [0.15, 0.2) is 5.16 Å². The lowest BCUT2D eigenvalue weighted by molar-refractivity contribution is -0.118. The molecule has 0 fully saturated rings. The lowest BCUT2D eigenvalue weighted by atomic mass is 10.2. The number of hydrogen-bond donors (Lipinski definition) is 1. The molecule has 1 aliphatic carbocycles. The Balaban J connectivity index is 1.89. The van der Waals surface area contributed by atoms with Crippen molar-refractivity contribution in [2.45, 2.75) is 24.4 Å². The fourth-order valence-electron chi connectivity index (χ4n) is 2.57. The number of thioether (sulfide) groups is 1. The highest BCUT2D eigenvalue weighted by molar-refractivity contribution is 7.99. The molecule has 114 valence electrons. The molecule has 0 bridgehead atoms. The second-order valence-electron chi connectivity index (χ2n) is 5.07. The predicted molar refractivity (Wildman–Crippen MR) is 89.5 cm³/mol. The Hall–Kier alpha value is -1.78. The van der Waals surface area contributed by atoms with E-state index < -0.39 is 0 Å². The molecule has 0 saturated carbocycles. The Labute approximate surface area is 136 Å². The summed E-state index contributed by atoms with van der Waals surface area (Å²) in [7, 11) is 1.70. The number of thiophene rings is 1. The molecule has 0 saturated heterocycles. The fourth-order valence-corrected chi connectivity index (χ4v) is 4.67. The first-order valence-electron chi connectivity index (χ1n) is 6.96. The summed E-state index contributed by atoms with van der Waals surface area (Å²) < 4.78 is 1.53. The molecule has 7 heteroatoms. The van der Waals surface area contributed by atoms with E-state index in [1.54, 1.807) is 18.4 Å². The van der Waals surface area contributed by atoms with E-state index in [1.165, 1.54) is 26.8 Å². The smallest absolute Gasteiger partial charge is 0.262 e. The number of nitrogens with one attached hydrogen (secondary N) is 1. The van der Waals surface area contributed by atoms with Crippen LogP contribution in [0.4, 0.5) is 0 Å². The van der Waals surface area contributed by atoms with E-state index in [0.29, 0.717) is 5.16 Å². The number of fused-ring (bicyclic) bond motifs is 3. The van der Waals surface area contributed by atoms with Crippen LogP contribution in [-0.4, -0.2) is 27.8 Å². The highest BCUT2D eigenvalue weighted by Gasteiger charge is 2.22. The molecular weight excluding hydrogens is 318 g/mol. The molecule has 2 heterocycles. The maximum Gasteiger partial charge on any atom is 0.262 e. The minimum absolute atomic E-state index is 0.0177. The van der Waals surface area contributed by atoms with Gasteiger partial charge in [-0.1, -0.05) is 17.7 Å². The minimum atomic E-state index is -0.161. The summed E-state index contributed by atoms with van der Waals surface area (Å²) in [6, 6.07) is 0. The Morgan fingerprint density at radius 3 is 3.14 bits per heavy atom. The van der Waals surface area contributed by atoms with Gasteiger partial charge in [0.25, 0.3) is 5.56 Å². The second-order valence-corrected chi connectivity index (χ2v) is 7.09. The van der Waals surface area contributed by atoms with Crippen molar-refractivity contribution >= 4 is 39.2 Å². The SMILES string of the molecule is C#CCNC(=O)CSc1nc2sc3c(c2c(=O)n1C)CCC3. The number of amides is 1. The summed E-state index contributed by atoms with van der Waals surface area (Å²) in [5, 5.41) is 3.93. The van der Waals surface area contributed by atoms with Crippen molar-refractivity contribution in [1.29, 1.82) is 0 Å². The summed E-state index contributed by atoms with van der Waals surface area (Å²) in [4.78, 5) is 30.8. The van der Waals surface area contributed by atoms with Crippen molar-refractivity contribution in [1.82, 2.24) is 14.9 Å². The van der Waals surface area contributed by atoms with Crippen LogP contribution in [0.2, 0.25) is 0 Å². The standard InChI is InChI=1S/C15H15N3O2S2/c1-3-7-16-11(19)8-21-15-17-13-12(14(20)18(15)2)9-5-4-6-10(9)22-13/h1H,4-8H2,2H3,(H,16,19). The Morgan fingerprint density at radius 2 is 2.36 bits per heavy atom. The van der Waals surface area contributed by atoms with Gasteiger partial charge in [0.1, 0.15) is 4.83 Å². The number of aryl methyl sites for hydroxylation is 2. The molecule has 1 N–H and O–H groups in total. The Kier molecular flexibility index (Phi) is 4.23. The third kappa shape index (κ3) is 2.64. The fraction of sp³-hybridized carbons (Fsp3) is 0.400. The summed E-state index contributed by atoms with van der Waals surface area (Å²) in [5.74, 6) is 2.38. The number of terminal acetylenes is 1. The van der Waals surface area contributed by atoms with E-state index in [1.807, 2.05) is 0 Å². The van der Waals surface area contributed by atoms with Crippen molar-refractivity contribution in [2.24, 2.45) is 7.05 Å². The number of carbonyl (C=O) groups is 1. The van der Waals surface area contributed by atoms with E-state index in [-0.39, 0.29) is 23.8 Å². The number of rotatable bonds is 4. The van der Waals surface area contributed by atoms with Gasteiger partial charge in [-0.3, -0.25) is 14.2 Å². The van der Waals surface area contributed by atoms with E-state index in [0.717, 1.165) is 29.5 Å². The van der Waals surface area contributed by atoms with Crippen LogP contribution in [0.3, 0.4) is 0 Å². The molecule has 0 atom stereocenters. The molecule has 0 aromatic carbocycles. The normalized spacial score (nSPS) is 13.1. The van der Waals surface area contributed by atoms with Gasteiger partial charge in [0.05, 0.1) is 17.7 Å². The second kappa shape index (κ2) is 6.15. The molecule has 1 aliphatic rings. The Morgan fingerprint density at radius 1 is 1.55 bits per heavy atom. The van der Waals surface area contributed by atoms with Gasteiger partial charge in [0, 0.05) is 11.9 Å². The molecule has 0 radical (unpaired) electrons. The highest BCUT2D eigenvalue weighted by Crippen LogP contribution is 2.35. The zero-order valence-electron chi connectivity index (χ0n) is 12.1. The zero-order chi connectivity index (χ0) is 15.7. The highest BCUT2D eigenvalue weighted by atomic mass is 32.2. The van der Waals surface area contributed by atoms with Crippen LogP contribution >= 0.6 is 23.1 Å².